The van der Waals surface area contributed by atoms with Crippen molar-refractivity contribution in [2.24, 2.45) is 10.9 Å². The highest BCUT2D eigenvalue weighted by Gasteiger charge is 2.24. The van der Waals surface area contributed by atoms with Gasteiger partial charge in [0.1, 0.15) is 0 Å². The standard InChI is InChI=1S/C21H34N4O.HI/c1-17-7-9-25(10-8-17)21(22-3)23-16-20(24-11-13-26-14-12-24)19-6-4-5-18(2)15-19;/h4-6,15,17,20H,7-14,16H2,1-3H3,(H,22,23);1H. The quantitative estimate of drug-likeness (QED) is 0.403. The minimum atomic E-state index is 0. The van der Waals surface area contributed by atoms with Gasteiger partial charge >= 0.3 is 0 Å². The summed E-state index contributed by atoms with van der Waals surface area (Å²) in [6.07, 6.45) is 2.51. The van der Waals surface area contributed by atoms with Crippen LogP contribution in [-0.4, -0.2) is 68.7 Å². The van der Waals surface area contributed by atoms with Crippen LogP contribution in [0.4, 0.5) is 0 Å². The van der Waals surface area contributed by atoms with E-state index in [1.807, 2.05) is 7.05 Å². The zero-order valence-corrected chi connectivity index (χ0v) is 19.3. The summed E-state index contributed by atoms with van der Waals surface area (Å²) >= 11 is 0. The maximum Gasteiger partial charge on any atom is 0.193 e. The van der Waals surface area contributed by atoms with Crippen LogP contribution in [0.5, 0.6) is 0 Å². The Bertz CT molecular complexity index is 596. The van der Waals surface area contributed by atoms with Crippen LogP contribution in [0.25, 0.3) is 0 Å². The molecule has 0 bridgehead atoms. The van der Waals surface area contributed by atoms with Crippen molar-refractivity contribution in [3.8, 4) is 0 Å². The van der Waals surface area contributed by atoms with Gasteiger partial charge in [-0.3, -0.25) is 9.89 Å². The molecule has 1 aromatic rings. The van der Waals surface area contributed by atoms with Crippen LogP contribution in [-0.2, 0) is 4.74 Å². The minimum absolute atomic E-state index is 0. The highest BCUT2D eigenvalue weighted by Crippen LogP contribution is 2.23. The predicted octanol–water partition coefficient (Wildman–Crippen LogP) is 3.29. The molecule has 2 fully saturated rings. The number of morpholine rings is 1. The second-order valence-electron chi connectivity index (χ2n) is 7.68. The molecule has 27 heavy (non-hydrogen) atoms. The number of rotatable bonds is 4. The molecule has 0 aromatic heterocycles. The summed E-state index contributed by atoms with van der Waals surface area (Å²) in [5, 5.41) is 3.66. The van der Waals surface area contributed by atoms with E-state index < -0.39 is 0 Å². The Hall–Kier alpha value is -0.860. The van der Waals surface area contributed by atoms with Crippen molar-refractivity contribution in [2.45, 2.75) is 32.7 Å². The van der Waals surface area contributed by atoms with Gasteiger partial charge in [-0.2, -0.15) is 0 Å². The summed E-state index contributed by atoms with van der Waals surface area (Å²) in [5.41, 5.74) is 2.69. The van der Waals surface area contributed by atoms with E-state index in [4.69, 9.17) is 4.74 Å². The van der Waals surface area contributed by atoms with Crippen LogP contribution in [0.15, 0.2) is 29.3 Å². The van der Waals surface area contributed by atoms with Gasteiger partial charge in [0.2, 0.25) is 0 Å². The van der Waals surface area contributed by atoms with Crippen molar-refractivity contribution in [1.82, 2.24) is 15.1 Å². The van der Waals surface area contributed by atoms with Gasteiger partial charge in [0.15, 0.2) is 5.96 Å². The Morgan fingerprint density at radius 2 is 1.93 bits per heavy atom. The number of ether oxygens (including phenoxy) is 1. The lowest BCUT2D eigenvalue weighted by molar-refractivity contribution is 0.0168. The van der Waals surface area contributed by atoms with Gasteiger partial charge in [0.25, 0.3) is 0 Å². The minimum Gasteiger partial charge on any atom is -0.379 e. The number of nitrogens with zero attached hydrogens (tertiary/aromatic N) is 3. The third kappa shape index (κ3) is 6.32. The second kappa shape index (κ2) is 11.2. The number of guanidine groups is 1. The number of benzene rings is 1. The first-order valence-electron chi connectivity index (χ1n) is 10.0. The average molecular weight is 486 g/mol. The summed E-state index contributed by atoms with van der Waals surface area (Å²) in [6, 6.07) is 9.24. The topological polar surface area (TPSA) is 40.1 Å². The number of piperidine rings is 1. The molecule has 1 atom stereocenters. The molecule has 0 radical (unpaired) electrons. The van der Waals surface area contributed by atoms with E-state index in [-0.39, 0.29) is 24.0 Å². The van der Waals surface area contributed by atoms with E-state index in [1.165, 1.54) is 24.0 Å². The van der Waals surface area contributed by atoms with E-state index >= 15 is 0 Å². The first-order chi connectivity index (χ1) is 12.7. The van der Waals surface area contributed by atoms with Crippen molar-refractivity contribution in [2.75, 3.05) is 53.0 Å². The van der Waals surface area contributed by atoms with E-state index in [2.05, 4.69) is 58.2 Å². The van der Waals surface area contributed by atoms with Crippen molar-refractivity contribution in [3.05, 3.63) is 35.4 Å². The summed E-state index contributed by atoms with van der Waals surface area (Å²) < 4.78 is 5.57. The first kappa shape index (κ1) is 22.4. The third-order valence-electron chi connectivity index (χ3n) is 5.66. The van der Waals surface area contributed by atoms with E-state index in [0.29, 0.717) is 6.04 Å². The first-order valence-corrected chi connectivity index (χ1v) is 10.0. The zero-order chi connectivity index (χ0) is 18.4. The average Bonchev–Trinajstić information content (AvgIpc) is 2.67. The number of hydrogen-bond acceptors (Lipinski definition) is 3. The molecule has 0 saturated carbocycles. The van der Waals surface area contributed by atoms with Gasteiger partial charge in [-0.05, 0) is 31.2 Å². The molecule has 6 heteroatoms. The Morgan fingerprint density at radius 1 is 1.22 bits per heavy atom. The molecule has 0 aliphatic carbocycles. The molecule has 2 aliphatic heterocycles. The Morgan fingerprint density at radius 3 is 2.56 bits per heavy atom. The maximum atomic E-state index is 5.57. The molecule has 5 nitrogen and oxygen atoms in total. The summed E-state index contributed by atoms with van der Waals surface area (Å²) in [6.45, 7) is 11.2. The Balaban J connectivity index is 0.00000261. The van der Waals surface area contributed by atoms with Crippen molar-refractivity contribution in [3.63, 3.8) is 0 Å². The summed E-state index contributed by atoms with van der Waals surface area (Å²) in [7, 11) is 1.90. The lowest BCUT2D eigenvalue weighted by atomic mass is 9.99. The molecule has 2 aliphatic rings. The molecule has 1 aromatic carbocycles. The van der Waals surface area contributed by atoms with Crippen LogP contribution in [0, 0.1) is 12.8 Å². The molecule has 1 unspecified atom stereocenters. The monoisotopic (exact) mass is 486 g/mol. The van der Waals surface area contributed by atoms with Gasteiger partial charge in [-0.1, -0.05) is 36.8 Å². The number of likely N-dealkylation sites (tertiary alicyclic amines) is 1. The number of nitrogens with one attached hydrogen (secondary N) is 1. The van der Waals surface area contributed by atoms with Crippen LogP contribution in [0.3, 0.4) is 0 Å². The highest BCUT2D eigenvalue weighted by atomic mass is 127. The Kier molecular flexibility index (Phi) is 9.32. The molecular formula is C21H35IN4O. The van der Waals surface area contributed by atoms with Gasteiger partial charge in [0, 0.05) is 39.8 Å². The van der Waals surface area contributed by atoms with Crippen molar-refractivity contribution in [1.29, 1.82) is 0 Å². The fraction of sp³-hybridized carbons (Fsp3) is 0.667. The fourth-order valence-electron chi connectivity index (χ4n) is 3.96. The van der Waals surface area contributed by atoms with Crippen LogP contribution in [0.2, 0.25) is 0 Å². The lowest BCUT2D eigenvalue weighted by Gasteiger charge is -2.37. The van der Waals surface area contributed by atoms with E-state index in [0.717, 1.165) is 57.8 Å². The van der Waals surface area contributed by atoms with Crippen LogP contribution >= 0.6 is 24.0 Å². The lowest BCUT2D eigenvalue weighted by Crippen LogP contribution is -2.49. The molecule has 2 heterocycles. The number of halogens is 1. The van der Waals surface area contributed by atoms with Crippen LogP contribution < -0.4 is 5.32 Å². The van der Waals surface area contributed by atoms with Crippen molar-refractivity contribution >= 4 is 29.9 Å². The molecular weight excluding hydrogens is 451 g/mol. The predicted molar refractivity (Wildman–Crippen MR) is 123 cm³/mol. The molecule has 2 saturated heterocycles. The molecule has 1 N–H and O–H groups in total. The normalized spacial score (nSPS) is 20.9. The summed E-state index contributed by atoms with van der Waals surface area (Å²) in [4.78, 5) is 9.50. The fourth-order valence-corrected chi connectivity index (χ4v) is 3.96. The van der Waals surface area contributed by atoms with Crippen LogP contribution in [0.1, 0.15) is 36.9 Å². The van der Waals surface area contributed by atoms with Gasteiger partial charge in [-0.15, -0.1) is 24.0 Å². The van der Waals surface area contributed by atoms with E-state index in [1.54, 1.807) is 0 Å². The summed E-state index contributed by atoms with van der Waals surface area (Å²) in [5.74, 6) is 1.88. The molecule has 0 spiro atoms. The van der Waals surface area contributed by atoms with Crippen molar-refractivity contribution < 1.29 is 4.74 Å². The highest BCUT2D eigenvalue weighted by molar-refractivity contribution is 14.0. The maximum absolute atomic E-state index is 5.57. The van der Waals surface area contributed by atoms with Gasteiger partial charge in [-0.25, -0.2) is 0 Å². The second-order valence-corrected chi connectivity index (χ2v) is 7.68. The Labute approximate surface area is 181 Å². The number of hydrogen-bond donors (Lipinski definition) is 1. The smallest absolute Gasteiger partial charge is 0.193 e. The molecule has 0 amide bonds. The largest absolute Gasteiger partial charge is 0.379 e. The van der Waals surface area contributed by atoms with Gasteiger partial charge in [0.05, 0.1) is 19.3 Å². The molecule has 152 valence electrons. The third-order valence-corrected chi connectivity index (χ3v) is 5.66. The van der Waals surface area contributed by atoms with Gasteiger partial charge < -0.3 is 15.0 Å². The number of aryl methyl sites for hydroxylation is 1. The number of aliphatic imine (C=N–C) groups is 1. The molecule has 3 rings (SSSR count). The van der Waals surface area contributed by atoms with E-state index in [9.17, 15) is 0 Å². The zero-order valence-electron chi connectivity index (χ0n) is 17.0. The SMILES string of the molecule is CN=C(NCC(c1cccc(C)c1)N1CCOCC1)N1CCC(C)CC1.I.